The van der Waals surface area contributed by atoms with Gasteiger partial charge in [-0.05, 0) is 0 Å². The van der Waals surface area contributed by atoms with Gasteiger partial charge in [0.05, 0.1) is 12.6 Å². The number of halogens is 1. The van der Waals surface area contributed by atoms with Crippen LogP contribution in [0.4, 0.5) is 4.39 Å². The van der Waals surface area contributed by atoms with Crippen molar-refractivity contribution in [1.29, 1.82) is 0 Å². The van der Waals surface area contributed by atoms with Crippen molar-refractivity contribution in [3.8, 4) is 0 Å². The van der Waals surface area contributed by atoms with E-state index in [2.05, 4.69) is 0 Å². The van der Waals surface area contributed by atoms with E-state index in [1.807, 2.05) is 0 Å². The number of carbonyl (C=O) groups is 1. The van der Waals surface area contributed by atoms with Gasteiger partial charge < -0.3 is 10.6 Å². The van der Waals surface area contributed by atoms with Crippen molar-refractivity contribution >= 4 is 5.91 Å². The summed E-state index contributed by atoms with van der Waals surface area (Å²) in [6.45, 7) is 1.94. The molecule has 0 spiro atoms. The van der Waals surface area contributed by atoms with Crippen LogP contribution in [0.2, 0.25) is 0 Å². The highest BCUT2D eigenvalue weighted by Crippen LogP contribution is 2.10. The minimum absolute atomic E-state index is 0.101. The molecule has 0 aromatic heterocycles. The number of amides is 1. The molecule has 1 heterocycles. The lowest BCUT2D eigenvalue weighted by Crippen LogP contribution is -2.31. The van der Waals surface area contributed by atoms with Crippen LogP contribution in [0.5, 0.6) is 0 Å². The van der Waals surface area contributed by atoms with E-state index >= 15 is 0 Å². The predicted molar refractivity (Wildman–Crippen MR) is 35.1 cm³/mol. The Kier molecular flexibility index (Phi) is 1.89. The number of nitrogens with two attached hydrogens (primary N) is 1. The van der Waals surface area contributed by atoms with Crippen LogP contribution in [0, 0.1) is 0 Å². The van der Waals surface area contributed by atoms with Gasteiger partial charge in [0, 0.05) is 13.5 Å². The van der Waals surface area contributed by atoms with Crippen molar-refractivity contribution < 1.29 is 9.18 Å². The second-order valence-electron chi connectivity index (χ2n) is 2.60. The second kappa shape index (κ2) is 2.54. The summed E-state index contributed by atoms with van der Waals surface area (Å²) in [6.07, 6.45) is -1.04. The molecule has 2 N–H and O–H groups in total. The molecule has 1 fully saturated rings. The van der Waals surface area contributed by atoms with Crippen LogP contribution >= 0.6 is 0 Å². The monoisotopic (exact) mass is 146 g/mol. The molecule has 1 aliphatic rings. The largest absolute Gasteiger partial charge is 0.338 e. The maximum absolute atomic E-state index is 12.6. The van der Waals surface area contributed by atoms with E-state index in [9.17, 15) is 9.18 Å². The van der Waals surface area contributed by atoms with Gasteiger partial charge in [0.15, 0.2) is 0 Å². The third-order valence-electron chi connectivity index (χ3n) is 1.74. The van der Waals surface area contributed by atoms with Gasteiger partial charge in [-0.25, -0.2) is 4.39 Å². The van der Waals surface area contributed by atoms with Crippen molar-refractivity contribution in [2.75, 3.05) is 13.1 Å². The number of hydrogen-bond acceptors (Lipinski definition) is 2. The highest BCUT2D eigenvalue weighted by molar-refractivity contribution is 5.73. The third-order valence-corrected chi connectivity index (χ3v) is 1.74. The van der Waals surface area contributed by atoms with Gasteiger partial charge in [-0.3, -0.25) is 4.79 Å². The van der Waals surface area contributed by atoms with Gasteiger partial charge in [0.25, 0.3) is 0 Å². The number of nitrogens with zero attached hydrogens (tertiary/aromatic N) is 1. The van der Waals surface area contributed by atoms with Crippen LogP contribution in [-0.4, -0.2) is 36.1 Å². The number of likely N-dealkylation sites (tertiary alicyclic amines) is 1. The maximum atomic E-state index is 12.6. The number of rotatable bonds is 0. The van der Waals surface area contributed by atoms with Crippen molar-refractivity contribution in [3.63, 3.8) is 0 Å². The van der Waals surface area contributed by atoms with E-state index in [1.54, 1.807) is 0 Å². The third kappa shape index (κ3) is 1.26. The van der Waals surface area contributed by atoms with Crippen molar-refractivity contribution in [2.24, 2.45) is 5.73 Å². The molecule has 0 aromatic rings. The molecule has 1 aliphatic heterocycles. The molecule has 1 saturated heterocycles. The highest BCUT2D eigenvalue weighted by atomic mass is 19.1. The first-order chi connectivity index (χ1) is 4.61. The first-order valence-electron chi connectivity index (χ1n) is 3.26. The number of alkyl halides is 1. The summed E-state index contributed by atoms with van der Waals surface area (Å²) >= 11 is 0. The lowest BCUT2D eigenvalue weighted by Gasteiger charge is -2.10. The summed E-state index contributed by atoms with van der Waals surface area (Å²) in [5.74, 6) is -0.101. The molecule has 10 heavy (non-hydrogen) atoms. The van der Waals surface area contributed by atoms with Gasteiger partial charge in [-0.15, -0.1) is 0 Å². The molecule has 0 aliphatic carbocycles. The molecule has 2 unspecified atom stereocenters. The van der Waals surface area contributed by atoms with E-state index in [0.717, 1.165) is 0 Å². The lowest BCUT2D eigenvalue weighted by molar-refractivity contribution is -0.128. The summed E-state index contributed by atoms with van der Waals surface area (Å²) < 4.78 is 12.6. The summed E-state index contributed by atoms with van der Waals surface area (Å²) in [5, 5.41) is 0. The molecule has 1 rings (SSSR count). The van der Waals surface area contributed by atoms with Crippen molar-refractivity contribution in [3.05, 3.63) is 0 Å². The molecule has 0 bridgehead atoms. The standard InChI is InChI=1S/C6H11FN2O/c1-4(10)9-2-5(7)6(8)3-9/h5-6H,2-3,8H2,1H3. The molecule has 58 valence electrons. The zero-order chi connectivity index (χ0) is 7.72. The topological polar surface area (TPSA) is 46.3 Å². The zero-order valence-electron chi connectivity index (χ0n) is 5.88. The van der Waals surface area contributed by atoms with Gasteiger partial charge in [0.1, 0.15) is 6.17 Å². The Morgan fingerprint density at radius 1 is 1.70 bits per heavy atom. The Bertz CT molecular complexity index is 141. The van der Waals surface area contributed by atoms with E-state index in [0.29, 0.717) is 6.54 Å². The van der Waals surface area contributed by atoms with E-state index in [-0.39, 0.29) is 12.5 Å². The number of carbonyl (C=O) groups excluding carboxylic acids is 1. The van der Waals surface area contributed by atoms with Gasteiger partial charge in [-0.2, -0.15) is 0 Å². The van der Waals surface area contributed by atoms with Crippen LogP contribution < -0.4 is 5.73 Å². The molecule has 0 aromatic carbocycles. The van der Waals surface area contributed by atoms with E-state index in [4.69, 9.17) is 5.73 Å². The maximum Gasteiger partial charge on any atom is 0.219 e. The van der Waals surface area contributed by atoms with Crippen LogP contribution in [0.15, 0.2) is 0 Å². The quantitative estimate of drug-likeness (QED) is 0.501. The fourth-order valence-electron chi connectivity index (χ4n) is 1.05. The average molecular weight is 146 g/mol. The van der Waals surface area contributed by atoms with Crippen LogP contribution in [0.3, 0.4) is 0 Å². The molecular formula is C6H11FN2O. The first-order valence-corrected chi connectivity index (χ1v) is 3.26. The Morgan fingerprint density at radius 3 is 2.50 bits per heavy atom. The van der Waals surface area contributed by atoms with Gasteiger partial charge >= 0.3 is 0 Å². The summed E-state index contributed by atoms with van der Waals surface area (Å²) in [4.78, 5) is 12.1. The Labute approximate surface area is 59.0 Å². The minimum atomic E-state index is -1.04. The molecule has 4 heteroatoms. The van der Waals surface area contributed by atoms with Crippen LogP contribution in [0.1, 0.15) is 6.92 Å². The smallest absolute Gasteiger partial charge is 0.219 e. The van der Waals surface area contributed by atoms with Crippen LogP contribution in [0.25, 0.3) is 0 Å². The molecule has 0 saturated carbocycles. The first kappa shape index (κ1) is 7.47. The fourth-order valence-corrected chi connectivity index (χ4v) is 1.05. The average Bonchev–Trinajstić information content (AvgIpc) is 2.13. The lowest BCUT2D eigenvalue weighted by atomic mass is 10.3. The Balaban J connectivity index is 2.49. The SMILES string of the molecule is CC(=O)N1CC(N)C(F)C1. The molecule has 3 nitrogen and oxygen atoms in total. The second-order valence-corrected chi connectivity index (χ2v) is 2.60. The molecule has 1 amide bonds. The molecular weight excluding hydrogens is 135 g/mol. The zero-order valence-corrected chi connectivity index (χ0v) is 5.88. The van der Waals surface area contributed by atoms with Crippen LogP contribution in [-0.2, 0) is 4.79 Å². The summed E-state index contributed by atoms with van der Waals surface area (Å²) in [6, 6.07) is -0.483. The van der Waals surface area contributed by atoms with Gasteiger partial charge in [0.2, 0.25) is 5.91 Å². The number of hydrogen-bond donors (Lipinski definition) is 1. The van der Waals surface area contributed by atoms with Gasteiger partial charge in [-0.1, -0.05) is 0 Å². The van der Waals surface area contributed by atoms with E-state index < -0.39 is 12.2 Å². The summed E-state index contributed by atoms with van der Waals surface area (Å²) in [7, 11) is 0. The van der Waals surface area contributed by atoms with Crippen molar-refractivity contribution in [2.45, 2.75) is 19.1 Å². The predicted octanol–water partition coefficient (Wildman–Crippen LogP) is -0.486. The Morgan fingerprint density at radius 2 is 2.30 bits per heavy atom. The fraction of sp³-hybridized carbons (Fsp3) is 0.833. The Hall–Kier alpha value is -0.640. The van der Waals surface area contributed by atoms with E-state index in [1.165, 1.54) is 11.8 Å². The minimum Gasteiger partial charge on any atom is -0.338 e. The molecule has 0 radical (unpaired) electrons. The van der Waals surface area contributed by atoms with Crippen molar-refractivity contribution in [1.82, 2.24) is 4.90 Å². The summed E-state index contributed by atoms with van der Waals surface area (Å²) in [5.41, 5.74) is 5.34. The molecule has 2 atom stereocenters. The highest BCUT2D eigenvalue weighted by Gasteiger charge is 2.30. The normalized spacial score (nSPS) is 32.9.